The van der Waals surface area contributed by atoms with E-state index < -0.39 is 0 Å². The molecule has 0 saturated carbocycles. The normalized spacial score (nSPS) is 20.7. The van der Waals surface area contributed by atoms with E-state index in [9.17, 15) is 0 Å². The van der Waals surface area contributed by atoms with E-state index >= 15 is 0 Å². The number of nitrogens with zero attached hydrogens (tertiary/aromatic N) is 1. The third-order valence-corrected chi connectivity index (χ3v) is 6.57. The summed E-state index contributed by atoms with van der Waals surface area (Å²) in [6.07, 6.45) is 1.18. The average molecular weight is 310 g/mol. The van der Waals surface area contributed by atoms with Crippen molar-refractivity contribution >= 4 is 21.8 Å². The zero-order valence-corrected chi connectivity index (χ0v) is 14.5. The van der Waals surface area contributed by atoms with Crippen LogP contribution in [-0.2, 0) is 4.74 Å². The molecular weight excluding hydrogens is 278 g/mol. The number of likely N-dealkylation sites (N-methyl/N-ethyl adjacent to an activating group) is 1. The van der Waals surface area contributed by atoms with Crippen LogP contribution in [0.5, 0.6) is 0 Å². The molecule has 2 atom stereocenters. The summed E-state index contributed by atoms with van der Waals surface area (Å²) >= 11 is 4.73. The first kappa shape index (κ1) is 17.6. The van der Waals surface area contributed by atoms with Crippen LogP contribution in [0.4, 0.5) is 0 Å². The summed E-state index contributed by atoms with van der Waals surface area (Å²) in [4.78, 5) is 0. The summed E-state index contributed by atoms with van der Waals surface area (Å²) in [5.74, 6) is 1.13. The standard InChI is InChI=1S/C13H31N3OS2/c1-11(2)14-6-5-12(3)15-7-8-19(18)16(4)13-9-17-10-13/h11-15,18-19H,5-10H2,1-4H3. The summed E-state index contributed by atoms with van der Waals surface area (Å²) in [6.45, 7) is 10.5. The second-order valence-electron chi connectivity index (χ2n) is 5.61. The lowest BCUT2D eigenvalue weighted by molar-refractivity contribution is -0.0279. The molecule has 0 spiro atoms. The highest BCUT2D eigenvalue weighted by molar-refractivity contribution is 8.77. The van der Waals surface area contributed by atoms with Gasteiger partial charge < -0.3 is 15.4 Å². The van der Waals surface area contributed by atoms with E-state index in [0.29, 0.717) is 18.1 Å². The van der Waals surface area contributed by atoms with Crippen molar-refractivity contribution in [2.75, 3.05) is 39.1 Å². The molecule has 1 rings (SSSR count). The zero-order valence-electron chi connectivity index (χ0n) is 12.7. The second-order valence-corrected chi connectivity index (χ2v) is 8.82. The van der Waals surface area contributed by atoms with Gasteiger partial charge in [0.15, 0.2) is 0 Å². The van der Waals surface area contributed by atoms with E-state index in [1.54, 1.807) is 0 Å². The maximum atomic E-state index is 5.22. The number of thiol groups is 2. The van der Waals surface area contributed by atoms with Gasteiger partial charge in [0.2, 0.25) is 0 Å². The second kappa shape index (κ2) is 9.47. The van der Waals surface area contributed by atoms with E-state index in [2.05, 4.69) is 42.8 Å². The Morgan fingerprint density at radius 2 is 1.95 bits per heavy atom. The maximum absolute atomic E-state index is 5.22. The molecule has 0 aromatic heterocycles. The molecule has 0 aromatic carbocycles. The highest BCUT2D eigenvalue weighted by Crippen LogP contribution is 2.36. The molecule has 0 aliphatic carbocycles. The average Bonchev–Trinajstić information content (AvgIpc) is 2.25. The fraction of sp³-hybridized carbons (Fsp3) is 1.00. The number of hydrogen-bond acceptors (Lipinski definition) is 5. The highest BCUT2D eigenvalue weighted by Gasteiger charge is 2.25. The van der Waals surface area contributed by atoms with Crippen LogP contribution in [0.1, 0.15) is 27.2 Å². The molecular formula is C13H31N3OS2. The first-order valence-corrected chi connectivity index (χ1v) is 9.87. The molecule has 0 radical (unpaired) electrons. The largest absolute Gasteiger partial charge is 0.378 e. The van der Waals surface area contributed by atoms with E-state index in [4.69, 9.17) is 16.4 Å². The van der Waals surface area contributed by atoms with E-state index in [1.165, 1.54) is 6.42 Å². The molecule has 1 aliphatic rings. The molecule has 1 aliphatic heterocycles. The quantitative estimate of drug-likeness (QED) is 0.364. The Labute approximate surface area is 126 Å². The predicted octanol–water partition coefficient (Wildman–Crippen LogP) is 1.44. The van der Waals surface area contributed by atoms with Gasteiger partial charge in [0.1, 0.15) is 0 Å². The maximum Gasteiger partial charge on any atom is 0.0657 e. The van der Waals surface area contributed by atoms with Gasteiger partial charge >= 0.3 is 0 Å². The summed E-state index contributed by atoms with van der Waals surface area (Å²) < 4.78 is 7.61. The van der Waals surface area contributed by atoms with Crippen molar-refractivity contribution < 1.29 is 4.74 Å². The smallest absolute Gasteiger partial charge is 0.0657 e. The number of hydrogen-bond donors (Lipinski definition) is 4. The fourth-order valence-corrected chi connectivity index (χ4v) is 3.78. The SMILES string of the molecule is CC(C)NCCC(C)NCC[SH](S)N(C)C1COC1. The topological polar surface area (TPSA) is 36.5 Å². The molecule has 2 N–H and O–H groups in total. The van der Waals surface area contributed by atoms with Crippen molar-refractivity contribution in [2.24, 2.45) is 0 Å². The summed E-state index contributed by atoms with van der Waals surface area (Å²) in [5, 5.41) is 7.04. The van der Waals surface area contributed by atoms with Gasteiger partial charge in [-0.2, -0.15) is 10.1 Å². The van der Waals surface area contributed by atoms with Crippen LogP contribution in [0.2, 0.25) is 0 Å². The number of rotatable bonds is 10. The summed E-state index contributed by atoms with van der Waals surface area (Å²) in [6, 6.07) is 1.74. The van der Waals surface area contributed by atoms with Crippen molar-refractivity contribution in [1.29, 1.82) is 0 Å². The molecule has 0 aromatic rings. The van der Waals surface area contributed by atoms with Crippen LogP contribution < -0.4 is 10.6 Å². The van der Waals surface area contributed by atoms with Crippen molar-refractivity contribution in [2.45, 2.75) is 45.3 Å². The Hall–Kier alpha value is 0.540. The molecule has 4 nitrogen and oxygen atoms in total. The Morgan fingerprint density at radius 3 is 2.47 bits per heavy atom. The first-order chi connectivity index (χ1) is 9.00. The van der Waals surface area contributed by atoms with Crippen molar-refractivity contribution in [3.63, 3.8) is 0 Å². The Kier molecular flexibility index (Phi) is 8.77. The van der Waals surface area contributed by atoms with Crippen LogP contribution in [-0.4, -0.2) is 61.5 Å². The van der Waals surface area contributed by atoms with Gasteiger partial charge in [-0.3, -0.25) is 4.31 Å². The van der Waals surface area contributed by atoms with Gasteiger partial charge in [-0.25, -0.2) is 0 Å². The number of nitrogens with one attached hydrogen (secondary N) is 2. The molecule has 0 bridgehead atoms. The van der Waals surface area contributed by atoms with Gasteiger partial charge in [0.25, 0.3) is 0 Å². The predicted molar refractivity (Wildman–Crippen MR) is 90.4 cm³/mol. The van der Waals surface area contributed by atoms with Crippen LogP contribution in [0.15, 0.2) is 0 Å². The molecule has 0 amide bonds. The molecule has 116 valence electrons. The monoisotopic (exact) mass is 309 g/mol. The minimum absolute atomic E-state index is 0.320. The first-order valence-electron chi connectivity index (χ1n) is 7.24. The molecule has 1 heterocycles. The highest BCUT2D eigenvalue weighted by atomic mass is 33.1. The van der Waals surface area contributed by atoms with Gasteiger partial charge in [-0.05, 0) is 26.9 Å². The minimum Gasteiger partial charge on any atom is -0.378 e. The summed E-state index contributed by atoms with van der Waals surface area (Å²) in [5.41, 5.74) is 0. The molecule has 1 saturated heterocycles. The lowest BCUT2D eigenvalue weighted by Gasteiger charge is -2.39. The zero-order chi connectivity index (χ0) is 14.3. The molecule has 1 fully saturated rings. The third kappa shape index (κ3) is 7.20. The van der Waals surface area contributed by atoms with Crippen LogP contribution in [0.3, 0.4) is 0 Å². The number of ether oxygens (including phenoxy) is 1. The Bertz CT molecular complexity index is 240. The van der Waals surface area contributed by atoms with E-state index in [0.717, 1.165) is 32.1 Å². The lowest BCUT2D eigenvalue weighted by Crippen LogP contribution is -2.45. The van der Waals surface area contributed by atoms with Crippen LogP contribution in [0.25, 0.3) is 0 Å². The van der Waals surface area contributed by atoms with Gasteiger partial charge in [0, 0.05) is 24.4 Å². The minimum atomic E-state index is -0.320. The van der Waals surface area contributed by atoms with Crippen LogP contribution >= 0.6 is 21.8 Å². The fourth-order valence-electron chi connectivity index (χ4n) is 1.89. The van der Waals surface area contributed by atoms with E-state index in [-0.39, 0.29) is 10.1 Å². The Balaban J connectivity index is 2.01. The van der Waals surface area contributed by atoms with Gasteiger partial charge in [-0.1, -0.05) is 13.8 Å². The molecule has 2 unspecified atom stereocenters. The summed E-state index contributed by atoms with van der Waals surface area (Å²) in [7, 11) is 1.85. The van der Waals surface area contributed by atoms with Crippen LogP contribution in [0, 0.1) is 0 Å². The Morgan fingerprint density at radius 1 is 1.26 bits per heavy atom. The molecule has 6 heteroatoms. The van der Waals surface area contributed by atoms with Crippen molar-refractivity contribution in [1.82, 2.24) is 14.9 Å². The lowest BCUT2D eigenvalue weighted by atomic mass is 10.2. The van der Waals surface area contributed by atoms with Crippen molar-refractivity contribution in [3.8, 4) is 0 Å². The van der Waals surface area contributed by atoms with Crippen molar-refractivity contribution in [3.05, 3.63) is 0 Å². The van der Waals surface area contributed by atoms with Gasteiger partial charge in [0.05, 0.1) is 19.3 Å². The van der Waals surface area contributed by atoms with E-state index in [1.807, 2.05) is 0 Å². The third-order valence-electron chi connectivity index (χ3n) is 3.45. The van der Waals surface area contributed by atoms with Gasteiger partial charge in [-0.15, -0.1) is 11.7 Å². The molecule has 19 heavy (non-hydrogen) atoms.